The zero-order chi connectivity index (χ0) is 25.8. The van der Waals surface area contributed by atoms with E-state index in [1.165, 1.54) is 37.9 Å². The van der Waals surface area contributed by atoms with Crippen LogP contribution >= 0.6 is 0 Å². The highest BCUT2D eigenvalue weighted by Gasteiger charge is 2.62. The maximum Gasteiger partial charge on any atom is 0.120 e. The molecule has 0 spiro atoms. The number of carbonyl (C=O) groups is 1. The fourth-order valence-corrected chi connectivity index (χ4v) is 9.44. The van der Waals surface area contributed by atoms with Crippen LogP contribution in [0.15, 0.2) is 11.8 Å². The van der Waals surface area contributed by atoms with E-state index in [4.69, 9.17) is 9.47 Å². The minimum atomic E-state index is -0.150. The molecule has 0 amide bonds. The number of hydrogen-bond acceptors (Lipinski definition) is 3. The highest BCUT2D eigenvalue weighted by molar-refractivity contribution is 5.49. The summed E-state index contributed by atoms with van der Waals surface area (Å²) in [6.45, 7) is 20.8. The summed E-state index contributed by atoms with van der Waals surface area (Å²) >= 11 is 0. The molecule has 0 aromatic carbocycles. The third-order valence-corrected chi connectivity index (χ3v) is 10.7. The van der Waals surface area contributed by atoms with Gasteiger partial charge in [0.05, 0.1) is 17.5 Å². The molecule has 35 heavy (non-hydrogen) atoms. The molecule has 3 fully saturated rings. The van der Waals surface area contributed by atoms with Crippen LogP contribution < -0.4 is 0 Å². The van der Waals surface area contributed by atoms with Crippen molar-refractivity contribution in [1.82, 2.24) is 0 Å². The van der Waals surface area contributed by atoms with Gasteiger partial charge in [-0.2, -0.15) is 0 Å². The van der Waals surface area contributed by atoms with Crippen LogP contribution in [0.2, 0.25) is 0 Å². The standard InChI is InChI=1S/C32H54O3/c1-21(11-10-18-33)24-12-13-25-23-20-28(35-30(5,6)7)27-19-22(34-29(2,3)4)14-16-32(27,9)26(23)15-17-31(24,25)8/h14,18,21,23-28H,10-13,15-17,19-20H2,1-9H3/t21-,23+,24-,25+,26+,27+,28+,31-,32-/m1/s1. The van der Waals surface area contributed by atoms with Crippen molar-refractivity contribution in [3.8, 4) is 0 Å². The lowest BCUT2D eigenvalue weighted by atomic mass is 9.44. The lowest BCUT2D eigenvalue weighted by Gasteiger charge is -2.62. The maximum absolute atomic E-state index is 11.1. The average Bonchev–Trinajstić information content (AvgIpc) is 3.08. The van der Waals surface area contributed by atoms with Gasteiger partial charge in [0.2, 0.25) is 0 Å². The van der Waals surface area contributed by atoms with Gasteiger partial charge in [-0.05, 0) is 139 Å². The van der Waals surface area contributed by atoms with Crippen molar-refractivity contribution in [2.24, 2.45) is 46.3 Å². The molecule has 0 aliphatic heterocycles. The first kappa shape index (κ1) is 27.2. The SMILES string of the molecule is C[C@H](CCC=O)[C@H]1CC[C@H]2[C@@H]3C[C@H](OC(C)(C)C)[C@@H]4CC(OC(C)(C)C)=CC[C@]4(C)[C@H]3CC[C@]12C. The molecule has 0 unspecified atom stereocenters. The molecule has 0 N–H and O–H groups in total. The zero-order valence-corrected chi connectivity index (χ0v) is 24.3. The fourth-order valence-electron chi connectivity index (χ4n) is 9.44. The van der Waals surface area contributed by atoms with Crippen molar-refractivity contribution in [1.29, 1.82) is 0 Å². The highest BCUT2D eigenvalue weighted by Crippen LogP contribution is 2.68. The number of hydrogen-bond donors (Lipinski definition) is 0. The Morgan fingerprint density at radius 2 is 1.69 bits per heavy atom. The van der Waals surface area contributed by atoms with Crippen LogP contribution in [0.25, 0.3) is 0 Å². The predicted molar refractivity (Wildman–Crippen MR) is 144 cm³/mol. The second-order valence-corrected chi connectivity index (χ2v) is 15.2. The lowest BCUT2D eigenvalue weighted by molar-refractivity contribution is -0.195. The molecule has 0 radical (unpaired) electrons. The Morgan fingerprint density at radius 1 is 1.00 bits per heavy atom. The van der Waals surface area contributed by atoms with Crippen molar-refractivity contribution in [2.75, 3.05) is 0 Å². The molecule has 3 nitrogen and oxygen atoms in total. The van der Waals surface area contributed by atoms with E-state index in [0.29, 0.717) is 23.4 Å². The van der Waals surface area contributed by atoms with E-state index in [-0.39, 0.29) is 16.6 Å². The molecule has 0 bridgehead atoms. The Bertz CT molecular complexity index is 801. The summed E-state index contributed by atoms with van der Waals surface area (Å²) in [4.78, 5) is 11.1. The van der Waals surface area contributed by atoms with Gasteiger partial charge in [0.25, 0.3) is 0 Å². The minimum absolute atomic E-state index is 0.135. The van der Waals surface area contributed by atoms with Gasteiger partial charge in [-0.1, -0.05) is 20.8 Å². The normalized spacial score (nSPS) is 42.4. The summed E-state index contributed by atoms with van der Waals surface area (Å²) in [5.41, 5.74) is 0.420. The fraction of sp³-hybridized carbons (Fsp3) is 0.906. The van der Waals surface area contributed by atoms with E-state index < -0.39 is 0 Å². The Morgan fingerprint density at radius 3 is 2.31 bits per heavy atom. The molecule has 9 atom stereocenters. The second kappa shape index (κ2) is 9.48. The van der Waals surface area contributed by atoms with Crippen LogP contribution in [0, 0.1) is 46.3 Å². The maximum atomic E-state index is 11.1. The third kappa shape index (κ3) is 5.27. The molecular weight excluding hydrogens is 432 g/mol. The molecule has 4 aliphatic carbocycles. The summed E-state index contributed by atoms with van der Waals surface area (Å²) < 4.78 is 13.4. The van der Waals surface area contributed by atoms with Gasteiger partial charge < -0.3 is 14.3 Å². The molecule has 0 saturated heterocycles. The minimum Gasteiger partial charge on any atom is -0.493 e. The van der Waals surface area contributed by atoms with Gasteiger partial charge in [0.15, 0.2) is 0 Å². The van der Waals surface area contributed by atoms with E-state index in [1.54, 1.807) is 0 Å². The van der Waals surface area contributed by atoms with Crippen molar-refractivity contribution in [3.05, 3.63) is 11.8 Å². The summed E-state index contributed by atoms with van der Waals surface area (Å²) in [7, 11) is 0. The van der Waals surface area contributed by atoms with Gasteiger partial charge in [-0.25, -0.2) is 0 Å². The average molecular weight is 487 g/mol. The van der Waals surface area contributed by atoms with Crippen LogP contribution in [0.3, 0.4) is 0 Å². The quantitative estimate of drug-likeness (QED) is 0.354. The summed E-state index contributed by atoms with van der Waals surface area (Å²) in [6.07, 6.45) is 14.4. The number of ether oxygens (including phenoxy) is 2. The Hall–Kier alpha value is -0.830. The van der Waals surface area contributed by atoms with Crippen molar-refractivity contribution < 1.29 is 14.3 Å². The van der Waals surface area contributed by atoms with E-state index in [1.807, 2.05) is 0 Å². The second-order valence-electron chi connectivity index (χ2n) is 15.2. The Kier molecular flexibility index (Phi) is 7.37. The number of allylic oxidation sites excluding steroid dienone is 2. The van der Waals surface area contributed by atoms with Crippen LogP contribution in [0.4, 0.5) is 0 Å². The molecule has 0 heterocycles. The van der Waals surface area contributed by atoms with E-state index in [9.17, 15) is 4.79 Å². The Labute approximate surface area is 216 Å². The van der Waals surface area contributed by atoms with Gasteiger partial charge in [0, 0.05) is 12.8 Å². The summed E-state index contributed by atoms with van der Waals surface area (Å²) in [5, 5.41) is 0. The number of aldehydes is 1. The number of fused-ring (bicyclic) bond motifs is 5. The van der Waals surface area contributed by atoms with E-state index in [0.717, 1.165) is 55.6 Å². The van der Waals surface area contributed by atoms with E-state index >= 15 is 0 Å². The molecule has 0 aromatic heterocycles. The zero-order valence-electron chi connectivity index (χ0n) is 24.3. The lowest BCUT2D eigenvalue weighted by Crippen LogP contribution is -2.58. The summed E-state index contributed by atoms with van der Waals surface area (Å²) in [5.74, 6) is 5.45. The van der Waals surface area contributed by atoms with Gasteiger partial charge >= 0.3 is 0 Å². The van der Waals surface area contributed by atoms with Crippen LogP contribution in [-0.4, -0.2) is 23.6 Å². The first-order chi connectivity index (χ1) is 16.2. The molecule has 4 aliphatic rings. The molecule has 200 valence electrons. The van der Waals surface area contributed by atoms with Crippen molar-refractivity contribution in [3.63, 3.8) is 0 Å². The summed E-state index contributed by atoms with van der Waals surface area (Å²) in [6, 6.07) is 0. The third-order valence-electron chi connectivity index (χ3n) is 10.7. The molecule has 4 rings (SSSR count). The largest absolute Gasteiger partial charge is 0.493 e. The van der Waals surface area contributed by atoms with Crippen LogP contribution in [0.5, 0.6) is 0 Å². The monoisotopic (exact) mass is 486 g/mol. The van der Waals surface area contributed by atoms with Crippen molar-refractivity contribution >= 4 is 6.29 Å². The first-order valence-corrected chi connectivity index (χ1v) is 14.7. The van der Waals surface area contributed by atoms with Gasteiger partial charge in [-0.15, -0.1) is 0 Å². The molecule has 0 aromatic rings. The molecule has 3 heteroatoms. The highest BCUT2D eigenvalue weighted by atomic mass is 16.5. The number of carbonyl (C=O) groups excluding carboxylic acids is 1. The van der Waals surface area contributed by atoms with Crippen LogP contribution in [0.1, 0.15) is 120 Å². The van der Waals surface area contributed by atoms with E-state index in [2.05, 4.69) is 68.4 Å². The predicted octanol–water partition coefficient (Wildman–Crippen LogP) is 8.36. The first-order valence-electron chi connectivity index (χ1n) is 14.7. The molecule has 3 saturated carbocycles. The van der Waals surface area contributed by atoms with Crippen molar-refractivity contribution in [2.45, 2.75) is 137 Å². The van der Waals surface area contributed by atoms with Gasteiger partial charge in [0.1, 0.15) is 11.9 Å². The topological polar surface area (TPSA) is 35.5 Å². The molecular formula is C32H54O3. The Balaban J connectivity index is 1.63. The number of rotatable bonds is 6. The van der Waals surface area contributed by atoms with Gasteiger partial charge in [-0.3, -0.25) is 0 Å². The smallest absolute Gasteiger partial charge is 0.120 e. The van der Waals surface area contributed by atoms with Crippen LogP contribution in [-0.2, 0) is 14.3 Å².